The Bertz CT molecular complexity index is 679. The molecule has 0 saturated carbocycles. The molecule has 2 amide bonds. The van der Waals surface area contributed by atoms with Gasteiger partial charge < -0.3 is 10.5 Å². The first-order chi connectivity index (χ1) is 9.06. The van der Waals surface area contributed by atoms with Gasteiger partial charge in [-0.1, -0.05) is 0 Å². The van der Waals surface area contributed by atoms with Crippen molar-refractivity contribution in [3.63, 3.8) is 0 Å². The maximum atomic E-state index is 11.7. The van der Waals surface area contributed by atoms with Crippen molar-refractivity contribution >= 4 is 28.6 Å². The Morgan fingerprint density at radius 2 is 2.32 bits per heavy atom. The number of anilines is 1. The Balaban J connectivity index is 1.96. The summed E-state index contributed by atoms with van der Waals surface area (Å²) in [5.41, 5.74) is 6.76. The van der Waals surface area contributed by atoms with Crippen molar-refractivity contribution in [2.45, 2.75) is 6.10 Å². The van der Waals surface area contributed by atoms with Crippen LogP contribution < -0.4 is 10.6 Å². The van der Waals surface area contributed by atoms with Gasteiger partial charge in [0.2, 0.25) is 0 Å². The second-order valence-corrected chi connectivity index (χ2v) is 4.40. The number of nitrogens with two attached hydrogens (primary N) is 1. The minimum absolute atomic E-state index is 0.139. The Morgan fingerprint density at radius 1 is 1.53 bits per heavy atom. The van der Waals surface area contributed by atoms with E-state index in [1.54, 1.807) is 16.9 Å². The van der Waals surface area contributed by atoms with Crippen molar-refractivity contribution in [2.75, 3.05) is 11.4 Å². The summed E-state index contributed by atoms with van der Waals surface area (Å²) in [6, 6.07) is 5.48. The van der Waals surface area contributed by atoms with Crippen LogP contribution >= 0.6 is 0 Å². The zero-order valence-electron chi connectivity index (χ0n) is 10.2. The number of benzene rings is 1. The van der Waals surface area contributed by atoms with Crippen molar-refractivity contribution in [2.24, 2.45) is 12.8 Å². The lowest BCUT2D eigenvalue weighted by Crippen LogP contribution is -2.32. The minimum Gasteiger partial charge on any atom is -0.434 e. The number of cyclic esters (lactones) is 1. The number of ether oxygens (including phenoxy) is 1. The molecule has 98 valence electrons. The molecule has 0 spiro atoms. The van der Waals surface area contributed by atoms with E-state index in [0.717, 1.165) is 10.9 Å². The van der Waals surface area contributed by atoms with Gasteiger partial charge in [0.1, 0.15) is 0 Å². The molecular formula is C12H12N4O3. The van der Waals surface area contributed by atoms with E-state index in [1.165, 1.54) is 4.90 Å². The van der Waals surface area contributed by atoms with Gasteiger partial charge in [0.25, 0.3) is 5.91 Å². The first-order valence-corrected chi connectivity index (χ1v) is 5.75. The molecule has 7 heteroatoms. The third-order valence-electron chi connectivity index (χ3n) is 3.17. The van der Waals surface area contributed by atoms with Crippen LogP contribution in [-0.4, -0.2) is 34.4 Å². The molecule has 1 aromatic heterocycles. The lowest BCUT2D eigenvalue weighted by atomic mass is 10.2. The van der Waals surface area contributed by atoms with Crippen LogP contribution in [0.25, 0.3) is 10.9 Å². The van der Waals surface area contributed by atoms with Crippen LogP contribution in [0, 0.1) is 0 Å². The molecule has 0 bridgehead atoms. The number of hydrogen-bond acceptors (Lipinski definition) is 4. The predicted molar refractivity (Wildman–Crippen MR) is 67.5 cm³/mol. The highest BCUT2D eigenvalue weighted by molar-refractivity contribution is 5.97. The number of hydrogen-bond donors (Lipinski definition) is 1. The number of carbonyl (C=O) groups excluding carboxylic acids is 2. The third-order valence-corrected chi connectivity index (χ3v) is 3.17. The van der Waals surface area contributed by atoms with Crippen LogP contribution in [-0.2, 0) is 16.6 Å². The minimum atomic E-state index is -0.892. The molecule has 0 unspecified atom stereocenters. The molecule has 1 atom stereocenters. The Hall–Kier alpha value is -2.57. The molecular weight excluding hydrogens is 248 g/mol. The van der Waals surface area contributed by atoms with E-state index in [-0.39, 0.29) is 6.54 Å². The molecule has 1 aliphatic heterocycles. The molecule has 2 N–H and O–H groups in total. The van der Waals surface area contributed by atoms with Crippen LogP contribution in [0.5, 0.6) is 0 Å². The fourth-order valence-electron chi connectivity index (χ4n) is 2.14. The molecule has 2 heterocycles. The molecule has 1 fully saturated rings. The molecule has 0 aliphatic carbocycles. The zero-order chi connectivity index (χ0) is 13.6. The van der Waals surface area contributed by atoms with E-state index in [0.29, 0.717) is 5.69 Å². The third kappa shape index (κ3) is 1.79. The van der Waals surface area contributed by atoms with Crippen LogP contribution in [0.2, 0.25) is 0 Å². The van der Waals surface area contributed by atoms with E-state index in [1.807, 2.05) is 19.2 Å². The molecule has 1 saturated heterocycles. The summed E-state index contributed by atoms with van der Waals surface area (Å²) < 4.78 is 6.64. The van der Waals surface area contributed by atoms with E-state index in [4.69, 9.17) is 10.5 Å². The van der Waals surface area contributed by atoms with Crippen LogP contribution in [0.3, 0.4) is 0 Å². The van der Waals surface area contributed by atoms with Gasteiger partial charge in [0.05, 0.1) is 18.3 Å². The fraction of sp³-hybridized carbons (Fsp3) is 0.250. The number of primary amides is 1. The Morgan fingerprint density at radius 3 is 3.00 bits per heavy atom. The van der Waals surface area contributed by atoms with Crippen molar-refractivity contribution in [3.05, 3.63) is 24.4 Å². The highest BCUT2D eigenvalue weighted by atomic mass is 16.6. The summed E-state index contributed by atoms with van der Waals surface area (Å²) in [6.45, 7) is 0.139. The average Bonchev–Trinajstić information content (AvgIpc) is 2.93. The van der Waals surface area contributed by atoms with Crippen LogP contribution in [0.15, 0.2) is 24.4 Å². The van der Waals surface area contributed by atoms with Gasteiger partial charge in [-0.05, 0) is 18.2 Å². The molecule has 3 rings (SSSR count). The molecule has 2 aromatic rings. The highest BCUT2D eigenvalue weighted by Gasteiger charge is 2.35. The first kappa shape index (κ1) is 11.5. The summed E-state index contributed by atoms with van der Waals surface area (Å²) in [4.78, 5) is 24.1. The summed E-state index contributed by atoms with van der Waals surface area (Å²) >= 11 is 0. The summed E-state index contributed by atoms with van der Waals surface area (Å²) in [6.07, 6.45) is 0.260. The number of fused-ring (bicyclic) bond motifs is 1. The summed E-state index contributed by atoms with van der Waals surface area (Å²) in [7, 11) is 1.84. The molecule has 19 heavy (non-hydrogen) atoms. The van der Waals surface area contributed by atoms with E-state index < -0.39 is 18.1 Å². The quantitative estimate of drug-likeness (QED) is 0.845. The van der Waals surface area contributed by atoms with Crippen molar-refractivity contribution in [1.29, 1.82) is 0 Å². The van der Waals surface area contributed by atoms with Gasteiger partial charge in [-0.25, -0.2) is 4.79 Å². The highest BCUT2D eigenvalue weighted by Crippen LogP contribution is 2.25. The first-order valence-electron chi connectivity index (χ1n) is 5.75. The van der Waals surface area contributed by atoms with Gasteiger partial charge >= 0.3 is 6.09 Å². The summed E-state index contributed by atoms with van der Waals surface area (Å²) in [5.74, 6) is -0.640. The Kier molecular flexibility index (Phi) is 2.41. The second kappa shape index (κ2) is 3.98. The van der Waals surface area contributed by atoms with Gasteiger partial charge in [-0.3, -0.25) is 14.4 Å². The maximum Gasteiger partial charge on any atom is 0.415 e. The molecule has 0 radical (unpaired) electrons. The van der Waals surface area contributed by atoms with E-state index in [2.05, 4.69) is 5.10 Å². The lowest BCUT2D eigenvalue weighted by Gasteiger charge is -2.12. The number of aromatic nitrogens is 2. The number of nitrogens with zero attached hydrogens (tertiary/aromatic N) is 3. The molecule has 1 aliphatic rings. The van der Waals surface area contributed by atoms with E-state index in [9.17, 15) is 9.59 Å². The fourth-order valence-corrected chi connectivity index (χ4v) is 2.14. The smallest absolute Gasteiger partial charge is 0.415 e. The largest absolute Gasteiger partial charge is 0.434 e. The topological polar surface area (TPSA) is 90.5 Å². The van der Waals surface area contributed by atoms with Crippen molar-refractivity contribution in [1.82, 2.24) is 9.78 Å². The van der Waals surface area contributed by atoms with E-state index >= 15 is 0 Å². The summed E-state index contributed by atoms with van der Waals surface area (Å²) in [5, 5.41) is 5.05. The number of carbonyl (C=O) groups is 2. The predicted octanol–water partition coefficient (Wildman–Crippen LogP) is 0.384. The normalized spacial score (nSPS) is 18.9. The molecule has 1 aromatic carbocycles. The number of rotatable bonds is 2. The average molecular weight is 260 g/mol. The van der Waals surface area contributed by atoms with Gasteiger partial charge in [0.15, 0.2) is 6.10 Å². The lowest BCUT2D eigenvalue weighted by molar-refractivity contribution is -0.124. The standard InChI is InChI=1S/C12H12N4O3/c1-15-9-3-2-8(4-7(9)5-14-15)16-6-10(11(13)17)19-12(16)18/h2-5,10H,6H2,1H3,(H2,13,17)/t10-/m1/s1. The van der Waals surface area contributed by atoms with Crippen molar-refractivity contribution in [3.8, 4) is 0 Å². The maximum absolute atomic E-state index is 11.7. The second-order valence-electron chi connectivity index (χ2n) is 4.40. The monoisotopic (exact) mass is 260 g/mol. The van der Waals surface area contributed by atoms with Gasteiger partial charge in [0, 0.05) is 18.1 Å². The van der Waals surface area contributed by atoms with Crippen molar-refractivity contribution < 1.29 is 14.3 Å². The SMILES string of the molecule is Cn1ncc2cc(N3C[C@H](C(N)=O)OC3=O)ccc21. The molecule has 7 nitrogen and oxygen atoms in total. The number of aryl methyl sites for hydroxylation is 1. The zero-order valence-corrected chi connectivity index (χ0v) is 10.2. The van der Waals surface area contributed by atoms with Crippen LogP contribution in [0.4, 0.5) is 10.5 Å². The van der Waals surface area contributed by atoms with Crippen LogP contribution in [0.1, 0.15) is 0 Å². The Labute approximate surface area is 108 Å². The van der Waals surface area contributed by atoms with Gasteiger partial charge in [-0.2, -0.15) is 5.10 Å². The van der Waals surface area contributed by atoms with Gasteiger partial charge in [-0.15, -0.1) is 0 Å². The number of amides is 2.